The number of methoxy groups -OCH3 is 1. The van der Waals surface area contributed by atoms with Crippen molar-refractivity contribution in [2.75, 3.05) is 12.4 Å². The van der Waals surface area contributed by atoms with Gasteiger partial charge in [-0.25, -0.2) is 0 Å². The van der Waals surface area contributed by atoms with Crippen LogP contribution < -0.4 is 10.1 Å². The number of rotatable bonds is 6. The van der Waals surface area contributed by atoms with Gasteiger partial charge < -0.3 is 10.1 Å². The molecule has 110 valence electrons. The zero-order chi connectivity index (χ0) is 15.1. The Bertz CT molecular complexity index is 596. The Morgan fingerprint density at radius 1 is 1.14 bits per heavy atom. The van der Waals surface area contributed by atoms with Gasteiger partial charge in [0.05, 0.1) is 7.11 Å². The highest BCUT2D eigenvalue weighted by Gasteiger charge is 2.04. The third kappa shape index (κ3) is 4.90. The number of carbonyl (C=O) groups is 1. The van der Waals surface area contributed by atoms with Crippen LogP contribution in [0.4, 0.5) is 5.69 Å². The largest absolute Gasteiger partial charge is 0.497 e. The molecule has 0 bridgehead atoms. The highest BCUT2D eigenvalue weighted by Crippen LogP contribution is 2.15. The average molecular weight is 348 g/mol. The number of carbonyl (C=O) groups excluding carboxylic acids is 1. The van der Waals surface area contributed by atoms with Gasteiger partial charge in [0, 0.05) is 17.4 Å². The Morgan fingerprint density at radius 3 is 2.57 bits per heavy atom. The van der Waals surface area contributed by atoms with E-state index >= 15 is 0 Å². The van der Waals surface area contributed by atoms with Crippen molar-refractivity contribution in [3.8, 4) is 5.75 Å². The lowest BCUT2D eigenvalue weighted by molar-refractivity contribution is -0.116. The molecule has 0 saturated carbocycles. The van der Waals surface area contributed by atoms with E-state index < -0.39 is 0 Å². The number of alkyl halides is 1. The van der Waals surface area contributed by atoms with E-state index in [1.54, 1.807) is 7.11 Å². The van der Waals surface area contributed by atoms with Gasteiger partial charge in [-0.05, 0) is 41.8 Å². The van der Waals surface area contributed by atoms with Crippen LogP contribution in [0.2, 0.25) is 0 Å². The number of anilines is 1. The minimum absolute atomic E-state index is 0.0255. The quantitative estimate of drug-likeness (QED) is 0.796. The molecular weight excluding hydrogens is 330 g/mol. The van der Waals surface area contributed by atoms with Gasteiger partial charge in [0.1, 0.15) is 5.75 Å². The zero-order valence-corrected chi connectivity index (χ0v) is 13.5. The van der Waals surface area contributed by atoms with Crippen LogP contribution in [-0.4, -0.2) is 13.0 Å². The standard InChI is InChI=1S/C17H18BrNO2/c1-21-16-8-5-13(6-9-16)7-10-17(20)19-15-4-2-3-14(11-15)12-18/h2-6,8-9,11H,7,10,12H2,1H3,(H,19,20). The fourth-order valence-electron chi connectivity index (χ4n) is 2.01. The number of amides is 1. The van der Waals surface area contributed by atoms with E-state index in [0.717, 1.165) is 27.9 Å². The van der Waals surface area contributed by atoms with E-state index in [2.05, 4.69) is 21.2 Å². The van der Waals surface area contributed by atoms with Crippen LogP contribution in [0.15, 0.2) is 48.5 Å². The summed E-state index contributed by atoms with van der Waals surface area (Å²) in [6, 6.07) is 15.6. The highest BCUT2D eigenvalue weighted by atomic mass is 79.9. The molecule has 0 aliphatic carbocycles. The van der Waals surface area contributed by atoms with Gasteiger partial charge in [-0.15, -0.1) is 0 Å². The van der Waals surface area contributed by atoms with Crippen LogP contribution in [0.1, 0.15) is 17.5 Å². The van der Waals surface area contributed by atoms with Gasteiger partial charge in [-0.2, -0.15) is 0 Å². The van der Waals surface area contributed by atoms with Crippen LogP contribution in [0, 0.1) is 0 Å². The van der Waals surface area contributed by atoms with Crippen molar-refractivity contribution in [3.63, 3.8) is 0 Å². The van der Waals surface area contributed by atoms with Crippen molar-refractivity contribution in [1.82, 2.24) is 0 Å². The summed E-state index contributed by atoms with van der Waals surface area (Å²) in [7, 11) is 1.64. The molecule has 2 aromatic carbocycles. The van der Waals surface area contributed by atoms with Crippen molar-refractivity contribution in [3.05, 3.63) is 59.7 Å². The van der Waals surface area contributed by atoms with E-state index in [-0.39, 0.29) is 5.91 Å². The molecule has 21 heavy (non-hydrogen) atoms. The maximum atomic E-state index is 12.0. The molecule has 0 aromatic heterocycles. The lowest BCUT2D eigenvalue weighted by Crippen LogP contribution is -2.12. The molecule has 0 fully saturated rings. The second-order valence-electron chi connectivity index (χ2n) is 4.73. The van der Waals surface area contributed by atoms with Crippen LogP contribution >= 0.6 is 15.9 Å². The molecule has 0 aliphatic rings. The van der Waals surface area contributed by atoms with Crippen LogP contribution in [0.3, 0.4) is 0 Å². The monoisotopic (exact) mass is 347 g/mol. The second kappa shape index (κ2) is 7.84. The maximum absolute atomic E-state index is 12.0. The number of benzene rings is 2. The Balaban J connectivity index is 1.86. The summed E-state index contributed by atoms with van der Waals surface area (Å²) in [6.45, 7) is 0. The fraction of sp³-hybridized carbons (Fsp3) is 0.235. The van der Waals surface area contributed by atoms with Crippen molar-refractivity contribution < 1.29 is 9.53 Å². The average Bonchev–Trinajstić information content (AvgIpc) is 2.53. The predicted octanol–water partition coefficient (Wildman–Crippen LogP) is 4.16. The van der Waals surface area contributed by atoms with Gasteiger partial charge in [0.2, 0.25) is 5.91 Å². The number of nitrogens with one attached hydrogen (secondary N) is 1. The molecule has 0 radical (unpaired) electrons. The summed E-state index contributed by atoms with van der Waals surface area (Å²) >= 11 is 3.41. The number of halogens is 1. The first-order valence-corrected chi connectivity index (χ1v) is 7.91. The maximum Gasteiger partial charge on any atom is 0.224 e. The number of hydrogen-bond acceptors (Lipinski definition) is 2. The molecule has 3 nitrogen and oxygen atoms in total. The van der Waals surface area contributed by atoms with E-state index in [4.69, 9.17) is 4.74 Å². The van der Waals surface area contributed by atoms with Crippen molar-refractivity contribution in [2.45, 2.75) is 18.2 Å². The third-order valence-corrected chi connectivity index (χ3v) is 3.81. The summed E-state index contributed by atoms with van der Waals surface area (Å²) < 4.78 is 5.11. The first kappa shape index (κ1) is 15.6. The summed E-state index contributed by atoms with van der Waals surface area (Å²) in [4.78, 5) is 12.0. The lowest BCUT2D eigenvalue weighted by atomic mass is 10.1. The Morgan fingerprint density at radius 2 is 1.90 bits per heavy atom. The van der Waals surface area contributed by atoms with Gasteiger partial charge >= 0.3 is 0 Å². The predicted molar refractivity (Wildman–Crippen MR) is 89.0 cm³/mol. The SMILES string of the molecule is COc1ccc(CCC(=O)Nc2cccc(CBr)c2)cc1. The minimum atomic E-state index is 0.0255. The molecule has 1 N–H and O–H groups in total. The molecule has 1 amide bonds. The van der Waals surface area contributed by atoms with Gasteiger partial charge in [0.25, 0.3) is 0 Å². The lowest BCUT2D eigenvalue weighted by Gasteiger charge is -2.07. The molecule has 2 rings (SSSR count). The van der Waals surface area contributed by atoms with E-state index in [1.165, 1.54) is 0 Å². The van der Waals surface area contributed by atoms with Crippen LogP contribution in [0.25, 0.3) is 0 Å². The summed E-state index contributed by atoms with van der Waals surface area (Å²) in [5.74, 6) is 0.854. The molecule has 2 aromatic rings. The topological polar surface area (TPSA) is 38.3 Å². The second-order valence-corrected chi connectivity index (χ2v) is 5.29. The normalized spacial score (nSPS) is 10.2. The van der Waals surface area contributed by atoms with Gasteiger partial charge in [0.15, 0.2) is 0 Å². The molecule has 0 aliphatic heterocycles. The van der Waals surface area contributed by atoms with E-state index in [1.807, 2.05) is 48.5 Å². The molecular formula is C17H18BrNO2. The van der Waals surface area contributed by atoms with E-state index in [9.17, 15) is 4.79 Å². The smallest absolute Gasteiger partial charge is 0.224 e. The van der Waals surface area contributed by atoms with Crippen LogP contribution in [-0.2, 0) is 16.5 Å². The summed E-state index contributed by atoms with van der Waals surface area (Å²) in [5.41, 5.74) is 3.11. The number of aryl methyl sites for hydroxylation is 1. The molecule has 4 heteroatoms. The first-order valence-electron chi connectivity index (χ1n) is 6.79. The van der Waals surface area contributed by atoms with Crippen molar-refractivity contribution in [2.24, 2.45) is 0 Å². The van der Waals surface area contributed by atoms with Crippen LogP contribution in [0.5, 0.6) is 5.75 Å². The summed E-state index contributed by atoms with van der Waals surface area (Å²) in [5, 5.41) is 3.71. The van der Waals surface area contributed by atoms with Gasteiger partial charge in [-0.1, -0.05) is 40.2 Å². The highest BCUT2D eigenvalue weighted by molar-refractivity contribution is 9.08. The third-order valence-electron chi connectivity index (χ3n) is 3.16. The molecule has 0 saturated heterocycles. The Hall–Kier alpha value is -1.81. The molecule has 0 spiro atoms. The van der Waals surface area contributed by atoms with E-state index in [0.29, 0.717) is 12.8 Å². The Kier molecular flexibility index (Phi) is 5.81. The van der Waals surface area contributed by atoms with Gasteiger partial charge in [-0.3, -0.25) is 4.79 Å². The number of hydrogen-bond donors (Lipinski definition) is 1. The molecule has 0 heterocycles. The fourth-order valence-corrected chi connectivity index (χ4v) is 2.35. The first-order chi connectivity index (χ1) is 10.2. The van der Waals surface area contributed by atoms with Crippen molar-refractivity contribution >= 4 is 27.5 Å². The van der Waals surface area contributed by atoms with Crippen molar-refractivity contribution in [1.29, 1.82) is 0 Å². The number of ether oxygens (including phenoxy) is 1. The zero-order valence-electron chi connectivity index (χ0n) is 11.9. The molecule has 0 unspecified atom stereocenters. The summed E-state index contributed by atoms with van der Waals surface area (Å²) in [6.07, 6.45) is 1.18. The minimum Gasteiger partial charge on any atom is -0.497 e. The Labute approximate surface area is 133 Å². The molecule has 0 atom stereocenters.